The third kappa shape index (κ3) is 10.3. The maximum atomic E-state index is 12.1. The number of hydrogen-bond acceptors (Lipinski definition) is 8. The molecule has 0 aromatic heterocycles. The molecule has 0 bridgehead atoms. The van der Waals surface area contributed by atoms with Crippen molar-refractivity contribution in [2.24, 2.45) is 5.16 Å². The second-order valence-corrected chi connectivity index (χ2v) is 7.55. The van der Waals surface area contributed by atoms with E-state index in [2.05, 4.69) is 12.1 Å². The van der Waals surface area contributed by atoms with Gasteiger partial charge in [-0.15, -0.1) is 11.8 Å². The van der Waals surface area contributed by atoms with E-state index in [4.69, 9.17) is 9.57 Å². The number of oxime groups is 1. The molecule has 0 aliphatic carbocycles. The van der Waals surface area contributed by atoms with Crippen LogP contribution in [0.2, 0.25) is 0 Å². The van der Waals surface area contributed by atoms with Gasteiger partial charge in [-0.2, -0.15) is 0 Å². The highest BCUT2D eigenvalue weighted by Gasteiger charge is 2.22. The molecule has 0 saturated heterocycles. The van der Waals surface area contributed by atoms with Crippen LogP contribution in [-0.4, -0.2) is 77.2 Å². The first-order valence-corrected chi connectivity index (χ1v) is 10.6. The summed E-state index contributed by atoms with van der Waals surface area (Å²) < 4.78 is 7.60. The van der Waals surface area contributed by atoms with Gasteiger partial charge >= 0.3 is 12.2 Å². The molecule has 0 radical (unpaired) electrons. The number of carbonyl (C=O) groups excluding carboxylic acids is 3. The number of hydrogen-bond donors (Lipinski definition) is 0. The molecule has 3 amide bonds. The van der Waals surface area contributed by atoms with E-state index in [-0.39, 0.29) is 11.0 Å². The Morgan fingerprint density at radius 1 is 1.00 bits per heavy atom. The van der Waals surface area contributed by atoms with Gasteiger partial charge in [0.2, 0.25) is 5.04 Å². The van der Waals surface area contributed by atoms with Crippen molar-refractivity contribution < 1.29 is 24.0 Å². The Hall–Kier alpha value is -1.62. The lowest BCUT2D eigenvalue weighted by Crippen LogP contribution is -2.32. The summed E-state index contributed by atoms with van der Waals surface area (Å²) in [6.07, 6.45) is 4.36. The Bertz CT molecular complexity index is 517. The minimum Gasteiger partial charge on any atom is -0.449 e. The number of amides is 3. The lowest BCUT2D eigenvalue weighted by Gasteiger charge is -2.23. The zero-order valence-electron chi connectivity index (χ0n) is 16.9. The van der Waals surface area contributed by atoms with Gasteiger partial charge in [-0.05, 0) is 19.6 Å². The third-order valence-electron chi connectivity index (χ3n) is 3.18. The van der Waals surface area contributed by atoms with Gasteiger partial charge in [0.05, 0.1) is 18.7 Å². The highest BCUT2D eigenvalue weighted by atomic mass is 32.2. The fourth-order valence-electron chi connectivity index (χ4n) is 1.65. The topological polar surface area (TPSA) is 91.7 Å². The van der Waals surface area contributed by atoms with Crippen molar-refractivity contribution in [3.05, 3.63) is 0 Å². The van der Waals surface area contributed by atoms with Crippen LogP contribution in [0.4, 0.5) is 9.59 Å². The fraction of sp³-hybridized carbons (Fsp3) is 0.750. The van der Waals surface area contributed by atoms with Gasteiger partial charge < -0.3 is 9.64 Å². The molecule has 27 heavy (non-hydrogen) atoms. The monoisotopic (exact) mass is 422 g/mol. The number of unbranched alkanes of at least 4 members (excludes halogenated alkanes) is 3. The second kappa shape index (κ2) is 14.4. The van der Waals surface area contributed by atoms with E-state index in [1.807, 2.05) is 0 Å². The van der Waals surface area contributed by atoms with Crippen LogP contribution in [0.1, 0.15) is 39.5 Å². The standard InChI is InChI=1S/C16H30N4O5S2/c1-7-9-10-11-12-24-16(23)20(8-2)27-19(5)15(22)25-17-13(26-6)14(21)18(3)4/h7-12H2,1-6H3/b17-13-. The number of nitrogens with zero attached hydrogens (tertiary/aromatic N) is 4. The number of rotatable bonds is 9. The first kappa shape index (κ1) is 25.4. The van der Waals surface area contributed by atoms with E-state index in [1.54, 1.807) is 27.3 Å². The molecule has 0 heterocycles. The molecule has 0 unspecified atom stereocenters. The van der Waals surface area contributed by atoms with Gasteiger partial charge in [-0.3, -0.25) is 9.63 Å². The maximum Gasteiger partial charge on any atom is 0.447 e. The number of ether oxygens (including phenoxy) is 1. The van der Waals surface area contributed by atoms with Crippen molar-refractivity contribution in [1.29, 1.82) is 0 Å². The molecule has 0 N–H and O–H groups in total. The Morgan fingerprint density at radius 2 is 1.67 bits per heavy atom. The van der Waals surface area contributed by atoms with E-state index >= 15 is 0 Å². The average molecular weight is 423 g/mol. The van der Waals surface area contributed by atoms with Crippen molar-refractivity contribution in [2.45, 2.75) is 39.5 Å². The molecule has 9 nitrogen and oxygen atoms in total. The predicted molar refractivity (Wildman–Crippen MR) is 109 cm³/mol. The molecule has 0 rings (SSSR count). The van der Waals surface area contributed by atoms with Crippen molar-refractivity contribution in [3.8, 4) is 0 Å². The molecule has 0 atom stereocenters. The summed E-state index contributed by atoms with van der Waals surface area (Å²) in [7, 11) is 4.59. The van der Waals surface area contributed by atoms with E-state index in [1.165, 1.54) is 16.3 Å². The van der Waals surface area contributed by atoms with Gasteiger partial charge in [0.25, 0.3) is 5.91 Å². The number of carbonyl (C=O) groups is 3. The van der Waals surface area contributed by atoms with E-state index < -0.39 is 12.2 Å². The summed E-state index contributed by atoms with van der Waals surface area (Å²) in [5.41, 5.74) is 0. The molecular weight excluding hydrogens is 392 g/mol. The normalized spacial score (nSPS) is 11.0. The quantitative estimate of drug-likeness (QED) is 0.140. The van der Waals surface area contributed by atoms with Crippen LogP contribution in [0.5, 0.6) is 0 Å². The maximum absolute atomic E-state index is 12.1. The highest BCUT2D eigenvalue weighted by Crippen LogP contribution is 2.17. The Kier molecular flexibility index (Phi) is 13.6. The van der Waals surface area contributed by atoms with Crippen molar-refractivity contribution >= 4 is 47.0 Å². The van der Waals surface area contributed by atoms with Gasteiger partial charge in [-0.1, -0.05) is 31.3 Å². The van der Waals surface area contributed by atoms with Crippen LogP contribution in [0.3, 0.4) is 0 Å². The SMILES string of the molecule is CCCCCCOC(=O)N(CC)SN(C)C(=O)O/N=C(\SC)C(=O)N(C)C. The van der Waals surface area contributed by atoms with Crippen LogP contribution in [0.15, 0.2) is 5.16 Å². The minimum atomic E-state index is -0.813. The smallest absolute Gasteiger partial charge is 0.447 e. The summed E-state index contributed by atoms with van der Waals surface area (Å²) in [6.45, 7) is 4.57. The summed E-state index contributed by atoms with van der Waals surface area (Å²) in [5, 5.41) is 3.64. The van der Waals surface area contributed by atoms with Crippen LogP contribution in [0.25, 0.3) is 0 Å². The summed E-state index contributed by atoms with van der Waals surface area (Å²) in [5.74, 6) is -0.368. The van der Waals surface area contributed by atoms with Gasteiger partial charge in [0.1, 0.15) is 0 Å². The van der Waals surface area contributed by atoms with Gasteiger partial charge in [-0.25, -0.2) is 18.2 Å². The molecule has 0 saturated carbocycles. The molecule has 156 valence electrons. The molecule has 0 aromatic rings. The van der Waals surface area contributed by atoms with Crippen LogP contribution in [-0.2, 0) is 14.4 Å². The molecule has 0 spiro atoms. The lowest BCUT2D eigenvalue weighted by molar-refractivity contribution is -0.121. The largest absolute Gasteiger partial charge is 0.449 e. The van der Waals surface area contributed by atoms with Crippen molar-refractivity contribution in [3.63, 3.8) is 0 Å². The molecule has 0 aliphatic rings. The van der Waals surface area contributed by atoms with Gasteiger partial charge in [0.15, 0.2) is 0 Å². The molecule has 0 aliphatic heterocycles. The first-order chi connectivity index (χ1) is 12.8. The van der Waals surface area contributed by atoms with E-state index in [0.29, 0.717) is 13.2 Å². The molecule has 0 aromatic carbocycles. The first-order valence-electron chi connectivity index (χ1n) is 8.69. The zero-order valence-corrected chi connectivity index (χ0v) is 18.5. The number of thioether (sulfide) groups is 1. The Balaban J connectivity index is 4.55. The predicted octanol–water partition coefficient (Wildman–Crippen LogP) is 3.42. The van der Waals surface area contributed by atoms with Gasteiger partial charge in [0, 0.05) is 27.7 Å². The Labute approximate surface area is 170 Å². The second-order valence-electron chi connectivity index (χ2n) is 5.61. The van der Waals surface area contributed by atoms with E-state index in [0.717, 1.165) is 53.9 Å². The fourth-order valence-corrected chi connectivity index (χ4v) is 2.75. The molecule has 0 fully saturated rings. The summed E-state index contributed by atoms with van der Waals surface area (Å²) in [6, 6.07) is 0. The summed E-state index contributed by atoms with van der Waals surface area (Å²) in [4.78, 5) is 42.0. The average Bonchev–Trinajstić information content (AvgIpc) is 2.65. The van der Waals surface area contributed by atoms with E-state index in [9.17, 15) is 14.4 Å². The van der Waals surface area contributed by atoms with Crippen molar-refractivity contribution in [1.82, 2.24) is 13.5 Å². The zero-order chi connectivity index (χ0) is 20.8. The molecular formula is C16H30N4O5S2. The Morgan fingerprint density at radius 3 is 2.19 bits per heavy atom. The third-order valence-corrected chi connectivity index (χ3v) is 4.82. The lowest BCUT2D eigenvalue weighted by atomic mass is 10.2. The van der Waals surface area contributed by atoms with Crippen LogP contribution in [0, 0.1) is 0 Å². The minimum absolute atomic E-state index is 0.0468. The summed E-state index contributed by atoms with van der Waals surface area (Å²) >= 11 is 1.92. The van der Waals surface area contributed by atoms with Crippen LogP contribution < -0.4 is 0 Å². The van der Waals surface area contributed by atoms with Crippen molar-refractivity contribution in [2.75, 3.05) is 40.6 Å². The highest BCUT2D eigenvalue weighted by molar-refractivity contribution is 8.15. The molecule has 11 heteroatoms. The van der Waals surface area contributed by atoms with Crippen LogP contribution >= 0.6 is 23.9 Å².